The fourth-order valence-corrected chi connectivity index (χ4v) is 6.20. The summed E-state index contributed by atoms with van der Waals surface area (Å²) in [5, 5.41) is 2.37. The Kier molecular flexibility index (Phi) is 6.72. The number of nitrogens with zero attached hydrogens (tertiary/aromatic N) is 4. The monoisotopic (exact) mass is 630 g/mol. The van der Waals surface area contributed by atoms with E-state index >= 15 is 0 Å². The third-order valence-electron chi connectivity index (χ3n) is 6.48. The largest absolute Gasteiger partial charge is 0.429 e. The van der Waals surface area contributed by atoms with E-state index in [4.69, 9.17) is 9.82 Å². The molecule has 1 aliphatic heterocycles. The van der Waals surface area contributed by atoms with Crippen LogP contribution in [0.4, 0.5) is 11.4 Å². The molecule has 1 unspecified atom stereocenters. The van der Waals surface area contributed by atoms with Gasteiger partial charge in [-0.25, -0.2) is 9.78 Å². The van der Waals surface area contributed by atoms with Gasteiger partial charge in [-0.3, -0.25) is 18.9 Å². The Morgan fingerprint density at radius 3 is 2.39 bits per heavy atom. The lowest BCUT2D eigenvalue weighted by Crippen LogP contribution is -2.38. The predicted molar refractivity (Wildman–Crippen MR) is 156 cm³/mol. The van der Waals surface area contributed by atoms with Gasteiger partial charge in [0.15, 0.2) is 0 Å². The minimum Gasteiger partial charge on any atom is -0.277 e. The normalized spacial score (nSPS) is 15.0. The van der Waals surface area contributed by atoms with E-state index < -0.39 is 21.4 Å². The van der Waals surface area contributed by atoms with Gasteiger partial charge in [0.1, 0.15) is 5.82 Å². The molecule has 4 aromatic carbocycles. The molecule has 1 atom stereocenters. The molecule has 10 nitrogen and oxygen atoms in total. The maximum absolute atomic E-state index is 13.7. The number of benzene rings is 4. The maximum Gasteiger partial charge on any atom is 0.429 e. The number of halogens is 1. The van der Waals surface area contributed by atoms with Crippen molar-refractivity contribution in [2.24, 2.45) is 5.28 Å². The second-order valence-corrected chi connectivity index (χ2v) is 12.0. The van der Waals surface area contributed by atoms with Crippen molar-refractivity contribution in [2.75, 3.05) is 4.72 Å². The van der Waals surface area contributed by atoms with E-state index in [0.717, 1.165) is 14.7 Å². The van der Waals surface area contributed by atoms with Gasteiger partial charge in [-0.15, -0.1) is 0 Å². The Balaban J connectivity index is 1.36. The summed E-state index contributed by atoms with van der Waals surface area (Å²) < 4.78 is 32.4. The predicted octanol–water partition coefficient (Wildman–Crippen LogP) is 5.46. The van der Waals surface area contributed by atoms with Crippen molar-refractivity contribution in [1.82, 2.24) is 9.55 Å². The van der Waals surface area contributed by atoms with E-state index in [1.807, 2.05) is 37.3 Å². The Morgan fingerprint density at radius 2 is 1.66 bits per heavy atom. The van der Waals surface area contributed by atoms with Crippen molar-refractivity contribution in [3.63, 3.8) is 0 Å². The van der Waals surface area contributed by atoms with Crippen molar-refractivity contribution < 1.29 is 22.7 Å². The summed E-state index contributed by atoms with van der Waals surface area (Å²) in [6.45, 7) is 1.88. The highest BCUT2D eigenvalue weighted by Crippen LogP contribution is 2.28. The molecule has 0 aliphatic carbocycles. The molecule has 0 amide bonds. The molecule has 0 saturated heterocycles. The van der Waals surface area contributed by atoms with E-state index in [0.29, 0.717) is 33.7 Å². The summed E-state index contributed by atoms with van der Waals surface area (Å²) >= 11 is 3.48. The number of hydrogen-bond acceptors (Lipinski definition) is 7. The van der Waals surface area contributed by atoms with Crippen molar-refractivity contribution in [3.8, 4) is 17.1 Å². The number of fused-ring (bicyclic) bond motifs is 1. The molecule has 0 radical (unpaired) electrons. The molecule has 5 aromatic rings. The van der Waals surface area contributed by atoms with Crippen LogP contribution in [0.15, 0.2) is 112 Å². The Hall–Kier alpha value is -4.68. The van der Waals surface area contributed by atoms with Crippen molar-refractivity contribution in [2.45, 2.75) is 12.3 Å². The van der Waals surface area contributed by atoms with E-state index in [1.165, 1.54) is 16.7 Å². The van der Waals surface area contributed by atoms with Crippen molar-refractivity contribution in [3.05, 3.63) is 117 Å². The quantitative estimate of drug-likeness (QED) is 0.249. The van der Waals surface area contributed by atoms with Gasteiger partial charge in [0.25, 0.3) is 5.56 Å². The molecule has 1 aromatic heterocycles. The van der Waals surface area contributed by atoms with Gasteiger partial charge in [-0.05, 0) is 60.2 Å². The number of aromatic nitrogens is 2. The molecule has 1 N–H and O–H groups in total. The average Bonchev–Trinajstić information content (AvgIpc) is 3.36. The lowest BCUT2D eigenvalue weighted by Gasteiger charge is -2.15. The Bertz CT molecular complexity index is 2020. The summed E-state index contributed by atoms with van der Waals surface area (Å²) in [5.41, 5.74) is 3.00. The number of aryl methyl sites for hydroxylation is 1. The average molecular weight is 631 g/mol. The molecule has 0 fully saturated rings. The van der Waals surface area contributed by atoms with Gasteiger partial charge in [0, 0.05) is 27.9 Å². The molecule has 0 bridgehead atoms. The SMILES string of the molecule is Cc1ccc([N+]2=NOC(=O)C2S(=O)(=O)Nc2ccc(-n3c(-c4cccc(Br)c4)nc4ccccc4c3=O)cc2)cc1. The van der Waals surface area contributed by atoms with Crippen LogP contribution < -0.4 is 10.3 Å². The molecule has 204 valence electrons. The third kappa shape index (κ3) is 5.03. The summed E-state index contributed by atoms with van der Waals surface area (Å²) in [6.07, 6.45) is 0. The molecule has 2 heterocycles. The summed E-state index contributed by atoms with van der Waals surface area (Å²) in [6, 6.07) is 27.6. The van der Waals surface area contributed by atoms with Crippen LogP contribution in [0.5, 0.6) is 0 Å². The first-order chi connectivity index (χ1) is 19.7. The van der Waals surface area contributed by atoms with Crippen molar-refractivity contribution in [1.29, 1.82) is 0 Å². The van der Waals surface area contributed by atoms with Gasteiger partial charge in [0.2, 0.25) is 11.0 Å². The highest BCUT2D eigenvalue weighted by Gasteiger charge is 2.52. The van der Waals surface area contributed by atoms with Crippen LogP contribution in [0.1, 0.15) is 5.56 Å². The molecular weight excluding hydrogens is 610 g/mol. The van der Waals surface area contributed by atoms with E-state index in [-0.39, 0.29) is 11.2 Å². The highest BCUT2D eigenvalue weighted by atomic mass is 79.9. The molecule has 41 heavy (non-hydrogen) atoms. The van der Waals surface area contributed by atoms with Gasteiger partial charge in [0.05, 0.1) is 16.6 Å². The van der Waals surface area contributed by atoms with Crippen LogP contribution in [-0.2, 0) is 19.7 Å². The fraction of sp³-hybridized carbons (Fsp3) is 0.0690. The van der Waals surface area contributed by atoms with Crippen LogP contribution in [0, 0.1) is 6.92 Å². The Morgan fingerprint density at radius 1 is 0.927 bits per heavy atom. The number of anilines is 1. The molecular formula is C29H21BrN5O5S+. The number of para-hydroxylation sites is 1. The zero-order valence-electron chi connectivity index (χ0n) is 21.4. The van der Waals surface area contributed by atoms with E-state index in [1.54, 1.807) is 54.6 Å². The molecule has 1 aliphatic rings. The number of carbonyl (C=O) groups is 1. The zero-order chi connectivity index (χ0) is 28.7. The zero-order valence-corrected chi connectivity index (χ0v) is 23.8. The Labute approximate surface area is 242 Å². The number of rotatable bonds is 6. The molecule has 6 rings (SSSR count). The van der Waals surface area contributed by atoms with E-state index in [2.05, 4.69) is 25.9 Å². The minimum atomic E-state index is -4.32. The third-order valence-corrected chi connectivity index (χ3v) is 8.47. The van der Waals surface area contributed by atoms with Crippen LogP contribution in [0.25, 0.3) is 28.0 Å². The maximum atomic E-state index is 13.7. The first-order valence-electron chi connectivity index (χ1n) is 12.4. The minimum absolute atomic E-state index is 0.183. The number of carbonyl (C=O) groups excluding carboxylic acids is 1. The van der Waals surface area contributed by atoms with Gasteiger partial charge < -0.3 is 0 Å². The lowest BCUT2D eigenvalue weighted by atomic mass is 10.1. The summed E-state index contributed by atoms with van der Waals surface area (Å²) in [4.78, 5) is 35.6. The van der Waals surface area contributed by atoms with Gasteiger partial charge in [-0.1, -0.05) is 57.9 Å². The lowest BCUT2D eigenvalue weighted by molar-refractivity contribution is -0.518. The fourth-order valence-electron chi connectivity index (χ4n) is 4.50. The second-order valence-electron chi connectivity index (χ2n) is 9.32. The number of sulfonamides is 1. The van der Waals surface area contributed by atoms with Gasteiger partial charge >= 0.3 is 21.4 Å². The molecule has 0 saturated carbocycles. The van der Waals surface area contributed by atoms with Crippen molar-refractivity contribution >= 4 is 54.2 Å². The topological polar surface area (TPSA) is 123 Å². The summed E-state index contributed by atoms with van der Waals surface area (Å²) in [5.74, 6) is -0.602. The van der Waals surface area contributed by atoms with Gasteiger partial charge in [-0.2, -0.15) is 8.42 Å². The molecule has 0 spiro atoms. The smallest absolute Gasteiger partial charge is 0.277 e. The standard InChI is InChI=1S/C29H21BrN5O5S/c1-18-9-13-23(14-10-18)35-28(29(37)40-33-35)41(38,39)32-21-11-15-22(16-12-21)34-26(19-5-4-6-20(30)17-19)31-25-8-3-2-7-24(25)27(34)36/h2-17,28,32H,1H3/q+1. The first kappa shape index (κ1) is 26.5. The second kappa shape index (κ2) is 10.4. The highest BCUT2D eigenvalue weighted by molar-refractivity contribution is 9.10. The number of hydrogen-bond donors (Lipinski definition) is 1. The van der Waals surface area contributed by atoms with Crippen LogP contribution in [0.3, 0.4) is 0 Å². The van der Waals surface area contributed by atoms with E-state index in [9.17, 15) is 18.0 Å². The summed E-state index contributed by atoms with van der Waals surface area (Å²) in [7, 11) is -4.32. The van der Waals surface area contributed by atoms with Crippen LogP contribution in [-0.4, -0.2) is 34.0 Å². The van der Waals surface area contributed by atoms with Crippen LogP contribution in [0.2, 0.25) is 0 Å². The molecule has 12 heteroatoms. The van der Waals surface area contributed by atoms with Crippen LogP contribution >= 0.6 is 15.9 Å². The number of nitrogens with one attached hydrogen (secondary N) is 1. The first-order valence-corrected chi connectivity index (χ1v) is 14.7.